The molecule has 2 rings (SSSR count). The predicted molar refractivity (Wildman–Crippen MR) is 68.2 cm³/mol. The van der Waals surface area contributed by atoms with Gasteiger partial charge in [0.05, 0.1) is 7.11 Å². The Kier molecular flexibility index (Phi) is 3.60. The molecule has 0 bridgehead atoms. The van der Waals surface area contributed by atoms with Crippen LogP contribution < -0.4 is 4.74 Å². The Morgan fingerprint density at radius 2 is 2.10 bits per heavy atom. The lowest BCUT2D eigenvalue weighted by Crippen LogP contribution is -2.35. The quantitative estimate of drug-likeness (QED) is 0.820. The van der Waals surface area contributed by atoms with Gasteiger partial charge in [-0.1, -0.05) is 12.1 Å². The van der Waals surface area contributed by atoms with E-state index in [1.54, 1.807) is 24.3 Å². The standard InChI is InChI=1S/C13H14N2O5/c1-14-11(8-4-3-5-9(6-8)20-2)12(18)15(13(14)19)7-10(16)17/h3-6,11H,7H2,1-2H3,(H,16,17). The summed E-state index contributed by atoms with van der Waals surface area (Å²) in [5.74, 6) is -1.22. The molecule has 1 N–H and O–H groups in total. The third-order valence-corrected chi connectivity index (χ3v) is 3.12. The monoisotopic (exact) mass is 278 g/mol. The van der Waals surface area contributed by atoms with Crippen molar-refractivity contribution in [1.29, 1.82) is 0 Å². The highest BCUT2D eigenvalue weighted by Crippen LogP contribution is 2.31. The molecule has 106 valence electrons. The summed E-state index contributed by atoms with van der Waals surface area (Å²) in [7, 11) is 2.97. The molecule has 1 aliphatic rings. The lowest BCUT2D eigenvalue weighted by molar-refractivity contribution is -0.141. The van der Waals surface area contributed by atoms with Crippen LogP contribution in [0.2, 0.25) is 0 Å². The number of hydrogen-bond acceptors (Lipinski definition) is 4. The van der Waals surface area contributed by atoms with Crippen molar-refractivity contribution in [3.8, 4) is 5.75 Å². The molecule has 1 heterocycles. The van der Waals surface area contributed by atoms with Gasteiger partial charge in [-0.05, 0) is 17.7 Å². The van der Waals surface area contributed by atoms with Crippen LogP contribution in [0.1, 0.15) is 11.6 Å². The van der Waals surface area contributed by atoms with Crippen molar-refractivity contribution in [1.82, 2.24) is 9.80 Å². The Hall–Kier alpha value is -2.57. The number of carbonyl (C=O) groups excluding carboxylic acids is 2. The van der Waals surface area contributed by atoms with Crippen LogP contribution in [-0.4, -0.2) is 53.5 Å². The maximum atomic E-state index is 12.2. The van der Waals surface area contributed by atoms with Gasteiger partial charge in [-0.25, -0.2) is 4.79 Å². The van der Waals surface area contributed by atoms with E-state index in [-0.39, 0.29) is 0 Å². The molecule has 0 radical (unpaired) electrons. The Labute approximate surface area is 115 Å². The zero-order valence-corrected chi connectivity index (χ0v) is 11.1. The average molecular weight is 278 g/mol. The van der Waals surface area contributed by atoms with E-state index in [0.717, 1.165) is 4.90 Å². The van der Waals surface area contributed by atoms with Crippen LogP contribution in [0.25, 0.3) is 0 Å². The van der Waals surface area contributed by atoms with Gasteiger partial charge in [0.25, 0.3) is 5.91 Å². The Morgan fingerprint density at radius 3 is 2.70 bits per heavy atom. The van der Waals surface area contributed by atoms with Crippen LogP contribution in [0, 0.1) is 0 Å². The molecule has 0 aliphatic carbocycles. The zero-order valence-electron chi connectivity index (χ0n) is 11.1. The minimum Gasteiger partial charge on any atom is -0.497 e. The van der Waals surface area contributed by atoms with Gasteiger partial charge in [-0.2, -0.15) is 0 Å². The summed E-state index contributed by atoms with van der Waals surface area (Å²) in [4.78, 5) is 36.8. The molecule has 1 fully saturated rings. The SMILES string of the molecule is COc1cccc(C2C(=O)N(CC(=O)O)C(=O)N2C)c1. The molecule has 1 aliphatic heterocycles. The predicted octanol–water partition coefficient (Wildman–Crippen LogP) is 0.715. The Balaban J connectivity index is 2.34. The van der Waals surface area contributed by atoms with Crippen LogP contribution in [0.3, 0.4) is 0 Å². The Bertz CT molecular complexity index is 572. The van der Waals surface area contributed by atoms with Gasteiger partial charge in [-0.3, -0.25) is 14.5 Å². The number of rotatable bonds is 4. The highest BCUT2D eigenvalue weighted by molar-refractivity contribution is 6.06. The number of ether oxygens (including phenoxy) is 1. The first-order valence-electron chi connectivity index (χ1n) is 5.89. The number of amides is 3. The second-order valence-electron chi connectivity index (χ2n) is 4.39. The minimum absolute atomic E-state index is 0.548. The minimum atomic E-state index is -1.23. The third-order valence-electron chi connectivity index (χ3n) is 3.12. The zero-order chi connectivity index (χ0) is 14.9. The van der Waals surface area contributed by atoms with Crippen molar-refractivity contribution in [3.05, 3.63) is 29.8 Å². The fourth-order valence-corrected chi connectivity index (χ4v) is 2.17. The number of methoxy groups -OCH3 is 1. The molecule has 1 aromatic carbocycles. The normalized spacial score (nSPS) is 18.6. The van der Waals surface area contributed by atoms with Gasteiger partial charge in [0.15, 0.2) is 0 Å². The summed E-state index contributed by atoms with van der Waals surface area (Å²) in [5.41, 5.74) is 0.582. The average Bonchev–Trinajstić information content (AvgIpc) is 2.62. The molecule has 3 amide bonds. The summed E-state index contributed by atoms with van der Waals surface area (Å²) in [6, 6.07) is 5.33. The number of aliphatic carboxylic acids is 1. The lowest BCUT2D eigenvalue weighted by atomic mass is 10.1. The molecule has 1 aromatic rings. The van der Waals surface area contributed by atoms with E-state index in [1.807, 2.05) is 0 Å². The highest BCUT2D eigenvalue weighted by atomic mass is 16.5. The summed E-state index contributed by atoms with van der Waals surface area (Å²) < 4.78 is 5.08. The molecule has 1 unspecified atom stereocenters. The van der Waals surface area contributed by atoms with Crippen molar-refractivity contribution in [2.24, 2.45) is 0 Å². The van der Waals surface area contributed by atoms with Gasteiger partial charge < -0.3 is 14.7 Å². The number of carboxylic acids is 1. The van der Waals surface area contributed by atoms with Crippen molar-refractivity contribution in [2.75, 3.05) is 20.7 Å². The maximum Gasteiger partial charge on any atom is 0.328 e. The smallest absolute Gasteiger partial charge is 0.328 e. The van der Waals surface area contributed by atoms with E-state index in [9.17, 15) is 14.4 Å². The first-order valence-corrected chi connectivity index (χ1v) is 5.89. The fourth-order valence-electron chi connectivity index (χ4n) is 2.17. The van der Waals surface area contributed by atoms with Crippen LogP contribution in [0.15, 0.2) is 24.3 Å². The molecule has 0 aromatic heterocycles. The molecular weight excluding hydrogens is 264 g/mol. The highest BCUT2D eigenvalue weighted by Gasteiger charge is 2.44. The summed E-state index contributed by atoms with van der Waals surface area (Å²) >= 11 is 0. The van der Waals surface area contributed by atoms with E-state index in [0.29, 0.717) is 11.3 Å². The molecule has 0 saturated carbocycles. The van der Waals surface area contributed by atoms with E-state index in [4.69, 9.17) is 9.84 Å². The number of carbonyl (C=O) groups is 3. The Morgan fingerprint density at radius 1 is 1.40 bits per heavy atom. The number of nitrogens with zero attached hydrogens (tertiary/aromatic N) is 2. The van der Waals surface area contributed by atoms with E-state index in [1.165, 1.54) is 19.1 Å². The second-order valence-corrected chi connectivity index (χ2v) is 4.39. The number of hydrogen-bond donors (Lipinski definition) is 1. The van der Waals surface area contributed by atoms with Crippen LogP contribution in [-0.2, 0) is 9.59 Å². The number of benzene rings is 1. The summed E-state index contributed by atoms with van der Waals surface area (Å²) in [6.45, 7) is -0.636. The number of imide groups is 1. The van der Waals surface area contributed by atoms with Crippen LogP contribution in [0.4, 0.5) is 4.79 Å². The first-order chi connectivity index (χ1) is 9.45. The van der Waals surface area contributed by atoms with Crippen LogP contribution >= 0.6 is 0 Å². The molecule has 1 saturated heterocycles. The van der Waals surface area contributed by atoms with Crippen molar-refractivity contribution in [2.45, 2.75) is 6.04 Å². The molecule has 7 nitrogen and oxygen atoms in total. The molecule has 20 heavy (non-hydrogen) atoms. The molecular formula is C13H14N2O5. The molecule has 1 atom stereocenters. The fraction of sp³-hybridized carbons (Fsp3) is 0.308. The van der Waals surface area contributed by atoms with E-state index < -0.39 is 30.5 Å². The third kappa shape index (κ3) is 2.29. The summed E-state index contributed by atoms with van der Waals surface area (Å²) in [6.07, 6.45) is 0. The largest absolute Gasteiger partial charge is 0.497 e. The van der Waals surface area contributed by atoms with Crippen LogP contribution in [0.5, 0.6) is 5.75 Å². The van der Waals surface area contributed by atoms with Gasteiger partial charge in [-0.15, -0.1) is 0 Å². The number of likely N-dealkylation sites (N-methyl/N-ethyl adjacent to an activating group) is 1. The van der Waals surface area contributed by atoms with Gasteiger partial charge in [0.1, 0.15) is 18.3 Å². The van der Waals surface area contributed by atoms with Gasteiger partial charge in [0, 0.05) is 7.05 Å². The van der Waals surface area contributed by atoms with Gasteiger partial charge >= 0.3 is 12.0 Å². The maximum absolute atomic E-state index is 12.2. The van der Waals surface area contributed by atoms with E-state index >= 15 is 0 Å². The van der Waals surface area contributed by atoms with E-state index in [2.05, 4.69) is 0 Å². The lowest BCUT2D eigenvalue weighted by Gasteiger charge is -2.16. The molecule has 7 heteroatoms. The number of carboxylic acid groups (broad SMARTS) is 1. The topological polar surface area (TPSA) is 87.1 Å². The first kappa shape index (κ1) is 13.9. The van der Waals surface area contributed by atoms with Crippen molar-refractivity contribution >= 4 is 17.9 Å². The van der Waals surface area contributed by atoms with Crippen molar-refractivity contribution in [3.63, 3.8) is 0 Å². The molecule has 0 spiro atoms. The van der Waals surface area contributed by atoms with Crippen molar-refractivity contribution < 1.29 is 24.2 Å². The summed E-state index contributed by atoms with van der Waals surface area (Å²) in [5, 5.41) is 8.75. The second kappa shape index (κ2) is 5.20. The number of urea groups is 1. The van der Waals surface area contributed by atoms with Gasteiger partial charge in [0.2, 0.25) is 0 Å².